The monoisotopic (exact) mass is 368 g/mol. The summed E-state index contributed by atoms with van der Waals surface area (Å²) in [5.41, 5.74) is 4.62. The summed E-state index contributed by atoms with van der Waals surface area (Å²) in [4.78, 5) is 0. The van der Waals surface area contributed by atoms with Crippen LogP contribution in [0.3, 0.4) is 0 Å². The van der Waals surface area contributed by atoms with Gasteiger partial charge < -0.3 is 0 Å². The van der Waals surface area contributed by atoms with Crippen LogP contribution in [0.4, 0.5) is 0 Å². The Kier molecular flexibility index (Phi) is 3.95. The van der Waals surface area contributed by atoms with E-state index in [0.717, 1.165) is 33.2 Å². The molecule has 1 aromatic heterocycles. The van der Waals surface area contributed by atoms with Crippen molar-refractivity contribution < 1.29 is 0 Å². The molecule has 0 saturated heterocycles. The van der Waals surface area contributed by atoms with E-state index in [1.807, 2.05) is 35.0 Å². The van der Waals surface area contributed by atoms with E-state index in [1.54, 1.807) is 6.07 Å². The molecule has 0 unspecified atom stereocenters. The number of aromatic nitrogens is 3. The SMILES string of the molecule is CC(C)(C)Cn1nnc2c(Br)c(-c3cccc(C#N)c3)ccc21. The topological polar surface area (TPSA) is 54.5 Å². The number of nitrogens with zero attached hydrogens (tertiary/aromatic N) is 4. The second kappa shape index (κ2) is 5.78. The lowest BCUT2D eigenvalue weighted by Gasteiger charge is -2.18. The molecule has 0 radical (unpaired) electrons. The average molecular weight is 369 g/mol. The minimum Gasteiger partial charge on any atom is -0.244 e. The van der Waals surface area contributed by atoms with Crippen molar-refractivity contribution in [1.29, 1.82) is 5.26 Å². The van der Waals surface area contributed by atoms with Gasteiger partial charge in [-0.15, -0.1) is 5.10 Å². The van der Waals surface area contributed by atoms with E-state index >= 15 is 0 Å². The van der Waals surface area contributed by atoms with E-state index in [0.29, 0.717) is 5.56 Å². The quantitative estimate of drug-likeness (QED) is 0.653. The summed E-state index contributed by atoms with van der Waals surface area (Å²) >= 11 is 3.66. The highest BCUT2D eigenvalue weighted by atomic mass is 79.9. The molecule has 0 bridgehead atoms. The summed E-state index contributed by atoms with van der Waals surface area (Å²) in [5.74, 6) is 0. The molecule has 0 aliphatic rings. The standard InChI is InChI=1S/C18H17BrN4/c1-18(2,3)11-23-15-8-7-14(16(19)17(15)21-22-23)13-6-4-5-12(9-13)10-20/h4-9H,11H2,1-3H3. The van der Waals surface area contributed by atoms with Crippen molar-refractivity contribution in [3.05, 3.63) is 46.4 Å². The van der Waals surface area contributed by atoms with E-state index in [-0.39, 0.29) is 5.41 Å². The first-order valence-corrected chi connectivity index (χ1v) is 8.20. The van der Waals surface area contributed by atoms with Gasteiger partial charge in [0.2, 0.25) is 0 Å². The zero-order valence-corrected chi connectivity index (χ0v) is 14.9. The van der Waals surface area contributed by atoms with Gasteiger partial charge in [-0.3, -0.25) is 0 Å². The predicted molar refractivity (Wildman–Crippen MR) is 94.8 cm³/mol. The van der Waals surface area contributed by atoms with Crippen molar-refractivity contribution in [2.45, 2.75) is 27.3 Å². The largest absolute Gasteiger partial charge is 0.244 e. The molecular formula is C18H17BrN4. The van der Waals surface area contributed by atoms with Gasteiger partial charge >= 0.3 is 0 Å². The third-order valence-electron chi connectivity index (χ3n) is 3.55. The molecule has 2 aromatic carbocycles. The number of rotatable bonds is 2. The van der Waals surface area contributed by atoms with Crippen LogP contribution in [-0.2, 0) is 6.54 Å². The Morgan fingerprint density at radius 2 is 2.00 bits per heavy atom. The highest BCUT2D eigenvalue weighted by Gasteiger charge is 2.17. The lowest BCUT2D eigenvalue weighted by Crippen LogP contribution is -2.16. The van der Waals surface area contributed by atoms with Crippen molar-refractivity contribution in [1.82, 2.24) is 15.0 Å². The van der Waals surface area contributed by atoms with Gasteiger partial charge in [0.05, 0.1) is 21.6 Å². The molecule has 0 spiro atoms. The van der Waals surface area contributed by atoms with Gasteiger partial charge in [-0.1, -0.05) is 44.2 Å². The molecule has 0 fully saturated rings. The van der Waals surface area contributed by atoms with E-state index in [2.05, 4.69) is 53.1 Å². The first kappa shape index (κ1) is 15.7. The van der Waals surface area contributed by atoms with Gasteiger partial charge in [0, 0.05) is 6.54 Å². The van der Waals surface area contributed by atoms with Crippen LogP contribution in [0.15, 0.2) is 40.9 Å². The fourth-order valence-electron chi connectivity index (χ4n) is 2.55. The van der Waals surface area contributed by atoms with Crippen LogP contribution >= 0.6 is 15.9 Å². The second-order valence-corrected chi connectivity index (χ2v) is 7.59. The Morgan fingerprint density at radius 1 is 1.22 bits per heavy atom. The summed E-state index contributed by atoms with van der Waals surface area (Å²) in [7, 11) is 0. The number of hydrogen-bond donors (Lipinski definition) is 0. The van der Waals surface area contributed by atoms with E-state index in [9.17, 15) is 0 Å². The van der Waals surface area contributed by atoms with Crippen molar-refractivity contribution >= 4 is 27.0 Å². The van der Waals surface area contributed by atoms with Crippen LogP contribution in [0.1, 0.15) is 26.3 Å². The lowest BCUT2D eigenvalue weighted by molar-refractivity contribution is 0.327. The Morgan fingerprint density at radius 3 is 2.70 bits per heavy atom. The van der Waals surface area contributed by atoms with E-state index in [4.69, 9.17) is 5.26 Å². The zero-order valence-electron chi connectivity index (χ0n) is 13.3. The summed E-state index contributed by atoms with van der Waals surface area (Å²) in [6.07, 6.45) is 0. The first-order valence-electron chi connectivity index (χ1n) is 7.41. The van der Waals surface area contributed by atoms with Crippen LogP contribution in [0.5, 0.6) is 0 Å². The smallest absolute Gasteiger partial charge is 0.127 e. The highest BCUT2D eigenvalue weighted by Crippen LogP contribution is 2.34. The van der Waals surface area contributed by atoms with Crippen LogP contribution in [0.2, 0.25) is 0 Å². The van der Waals surface area contributed by atoms with Gasteiger partial charge in [-0.25, -0.2) is 4.68 Å². The van der Waals surface area contributed by atoms with Crippen molar-refractivity contribution in [2.24, 2.45) is 5.41 Å². The molecule has 1 heterocycles. The molecule has 5 heteroatoms. The predicted octanol–water partition coefficient (Wildman–Crippen LogP) is 4.78. The summed E-state index contributed by atoms with van der Waals surface area (Å²) in [6, 6.07) is 13.8. The average Bonchev–Trinajstić information content (AvgIpc) is 2.90. The minimum absolute atomic E-state index is 0.132. The molecule has 0 aliphatic carbocycles. The van der Waals surface area contributed by atoms with Crippen molar-refractivity contribution in [2.75, 3.05) is 0 Å². The van der Waals surface area contributed by atoms with Crippen LogP contribution in [0, 0.1) is 16.7 Å². The third-order valence-corrected chi connectivity index (χ3v) is 4.36. The molecule has 4 nitrogen and oxygen atoms in total. The summed E-state index contributed by atoms with van der Waals surface area (Å²) < 4.78 is 2.85. The maximum absolute atomic E-state index is 9.07. The Bertz CT molecular complexity index is 913. The van der Waals surface area contributed by atoms with Gasteiger partial charge in [0.25, 0.3) is 0 Å². The molecule has 0 atom stereocenters. The lowest BCUT2D eigenvalue weighted by atomic mass is 9.97. The van der Waals surface area contributed by atoms with Gasteiger partial charge in [-0.05, 0) is 50.7 Å². The van der Waals surface area contributed by atoms with Crippen LogP contribution < -0.4 is 0 Å². The number of benzene rings is 2. The molecule has 0 saturated carbocycles. The Hall–Kier alpha value is -2.19. The van der Waals surface area contributed by atoms with Gasteiger partial charge in [0.15, 0.2) is 0 Å². The fraction of sp³-hybridized carbons (Fsp3) is 0.278. The van der Waals surface area contributed by atoms with E-state index in [1.165, 1.54) is 0 Å². The molecule has 23 heavy (non-hydrogen) atoms. The van der Waals surface area contributed by atoms with Crippen LogP contribution in [0.25, 0.3) is 22.2 Å². The number of nitriles is 1. The molecule has 3 aromatic rings. The molecule has 3 rings (SSSR count). The fourth-order valence-corrected chi connectivity index (χ4v) is 3.19. The van der Waals surface area contributed by atoms with Gasteiger partial charge in [-0.2, -0.15) is 5.26 Å². The molecule has 0 amide bonds. The number of hydrogen-bond acceptors (Lipinski definition) is 3. The number of halogens is 1. The van der Waals surface area contributed by atoms with Crippen molar-refractivity contribution in [3.63, 3.8) is 0 Å². The first-order chi connectivity index (χ1) is 10.9. The maximum Gasteiger partial charge on any atom is 0.127 e. The number of fused-ring (bicyclic) bond motifs is 1. The third kappa shape index (κ3) is 3.13. The van der Waals surface area contributed by atoms with Gasteiger partial charge in [0.1, 0.15) is 5.52 Å². The summed E-state index contributed by atoms with van der Waals surface area (Å²) in [5, 5.41) is 17.7. The highest BCUT2D eigenvalue weighted by molar-refractivity contribution is 9.10. The Balaban J connectivity index is 2.11. The Labute approximate surface area is 143 Å². The van der Waals surface area contributed by atoms with Crippen molar-refractivity contribution in [3.8, 4) is 17.2 Å². The second-order valence-electron chi connectivity index (χ2n) is 6.80. The zero-order chi connectivity index (χ0) is 16.6. The molecule has 0 aliphatic heterocycles. The molecule has 116 valence electrons. The molecular weight excluding hydrogens is 352 g/mol. The maximum atomic E-state index is 9.07. The van der Waals surface area contributed by atoms with Crippen LogP contribution in [-0.4, -0.2) is 15.0 Å². The summed E-state index contributed by atoms with van der Waals surface area (Å²) in [6.45, 7) is 7.34. The normalized spacial score (nSPS) is 11.6. The molecule has 0 N–H and O–H groups in total. The minimum atomic E-state index is 0.132. The van der Waals surface area contributed by atoms with E-state index < -0.39 is 0 Å².